The summed E-state index contributed by atoms with van der Waals surface area (Å²) >= 11 is 0. The summed E-state index contributed by atoms with van der Waals surface area (Å²) in [5.41, 5.74) is 0. The highest BCUT2D eigenvalue weighted by Gasteiger charge is 2.35. The van der Waals surface area contributed by atoms with E-state index in [0.29, 0.717) is 17.8 Å². The number of fused-ring (bicyclic) bond motifs is 1. The molecule has 0 aromatic rings. The van der Waals surface area contributed by atoms with Crippen molar-refractivity contribution in [3.8, 4) is 0 Å². The lowest BCUT2D eigenvalue weighted by molar-refractivity contribution is -0.124. The van der Waals surface area contributed by atoms with Gasteiger partial charge in [-0.3, -0.25) is 4.79 Å². The quantitative estimate of drug-likeness (QED) is 0.682. The third kappa shape index (κ3) is 3.80. The number of ether oxygens (including phenoxy) is 1. The number of hydrogen-bond donors (Lipinski definition) is 0. The van der Waals surface area contributed by atoms with Gasteiger partial charge in [-0.25, -0.2) is 0 Å². The van der Waals surface area contributed by atoms with E-state index in [2.05, 4.69) is 6.92 Å². The fourth-order valence-electron chi connectivity index (χ4n) is 3.40. The molecule has 0 aromatic carbocycles. The summed E-state index contributed by atoms with van der Waals surface area (Å²) in [6.45, 7) is 3.17. The number of rotatable bonds is 5. The van der Waals surface area contributed by atoms with Gasteiger partial charge in [0.1, 0.15) is 5.78 Å². The molecule has 2 saturated carbocycles. The molecular weight excluding hydrogens is 212 g/mol. The molecule has 2 aliphatic rings. The molecule has 0 N–H and O–H groups in total. The van der Waals surface area contributed by atoms with E-state index in [-0.39, 0.29) is 0 Å². The van der Waals surface area contributed by atoms with E-state index in [1.807, 2.05) is 0 Å². The predicted octanol–water partition coefficient (Wildman–Crippen LogP) is 3.73. The van der Waals surface area contributed by atoms with Crippen molar-refractivity contribution in [1.29, 1.82) is 0 Å². The van der Waals surface area contributed by atoms with Crippen LogP contribution in [0.2, 0.25) is 0 Å². The molecule has 0 radical (unpaired) electrons. The number of hydrogen-bond acceptors (Lipinski definition) is 2. The van der Waals surface area contributed by atoms with Crippen molar-refractivity contribution >= 4 is 5.78 Å². The van der Waals surface area contributed by atoms with Gasteiger partial charge in [-0.1, -0.05) is 19.8 Å². The van der Waals surface area contributed by atoms with Crippen molar-refractivity contribution in [3.63, 3.8) is 0 Å². The minimum Gasteiger partial charge on any atom is -0.378 e. The monoisotopic (exact) mass is 238 g/mol. The Kier molecular flexibility index (Phi) is 5.02. The average molecular weight is 238 g/mol. The maximum Gasteiger partial charge on any atom is 0.133 e. The second-order valence-electron chi connectivity index (χ2n) is 5.81. The van der Waals surface area contributed by atoms with Gasteiger partial charge in [-0.05, 0) is 43.9 Å². The maximum absolute atomic E-state index is 11.4. The van der Waals surface area contributed by atoms with E-state index in [9.17, 15) is 4.79 Å². The van der Waals surface area contributed by atoms with Crippen molar-refractivity contribution in [2.75, 3.05) is 6.61 Å². The van der Waals surface area contributed by atoms with Gasteiger partial charge in [0.15, 0.2) is 0 Å². The van der Waals surface area contributed by atoms with Crippen LogP contribution in [0.5, 0.6) is 0 Å². The summed E-state index contributed by atoms with van der Waals surface area (Å²) in [7, 11) is 0. The van der Waals surface area contributed by atoms with Crippen LogP contribution in [-0.2, 0) is 9.53 Å². The molecule has 0 bridgehead atoms. The standard InChI is InChI=1S/C15H26O2/c1-2-3-4-9-17-15-8-6-12-10-14(16)7-5-13(12)11-15/h12-13,15H,2-11H2,1H3. The van der Waals surface area contributed by atoms with Crippen molar-refractivity contribution < 1.29 is 9.53 Å². The van der Waals surface area contributed by atoms with Gasteiger partial charge >= 0.3 is 0 Å². The van der Waals surface area contributed by atoms with Gasteiger partial charge in [-0.15, -0.1) is 0 Å². The molecule has 0 amide bonds. The van der Waals surface area contributed by atoms with Gasteiger partial charge in [0, 0.05) is 19.4 Å². The Labute approximate surface area is 105 Å². The van der Waals surface area contributed by atoms with Crippen molar-refractivity contribution in [3.05, 3.63) is 0 Å². The van der Waals surface area contributed by atoms with Crippen LogP contribution in [-0.4, -0.2) is 18.5 Å². The highest BCUT2D eigenvalue weighted by atomic mass is 16.5. The third-order valence-electron chi connectivity index (χ3n) is 4.48. The zero-order chi connectivity index (χ0) is 12.1. The molecule has 17 heavy (non-hydrogen) atoms. The summed E-state index contributed by atoms with van der Waals surface area (Å²) < 4.78 is 5.98. The highest BCUT2D eigenvalue weighted by molar-refractivity contribution is 5.79. The minimum absolute atomic E-state index is 0.487. The summed E-state index contributed by atoms with van der Waals surface area (Å²) in [5.74, 6) is 1.96. The lowest BCUT2D eigenvalue weighted by atomic mass is 9.70. The van der Waals surface area contributed by atoms with E-state index in [1.165, 1.54) is 38.5 Å². The first-order chi connectivity index (χ1) is 8.29. The molecule has 2 nitrogen and oxygen atoms in total. The highest BCUT2D eigenvalue weighted by Crippen LogP contribution is 2.40. The van der Waals surface area contributed by atoms with Crippen LogP contribution in [0.15, 0.2) is 0 Å². The van der Waals surface area contributed by atoms with Crippen molar-refractivity contribution in [2.45, 2.75) is 70.8 Å². The van der Waals surface area contributed by atoms with Crippen LogP contribution in [0.25, 0.3) is 0 Å². The van der Waals surface area contributed by atoms with Gasteiger partial charge in [-0.2, -0.15) is 0 Å². The Morgan fingerprint density at radius 2 is 2.06 bits per heavy atom. The smallest absolute Gasteiger partial charge is 0.133 e. The molecule has 2 rings (SSSR count). The number of unbranched alkanes of at least 4 members (excludes halogenated alkanes) is 2. The van der Waals surface area contributed by atoms with Crippen LogP contribution in [0, 0.1) is 11.8 Å². The summed E-state index contributed by atoms with van der Waals surface area (Å²) in [6, 6.07) is 0. The van der Waals surface area contributed by atoms with Crippen LogP contribution < -0.4 is 0 Å². The lowest BCUT2D eigenvalue weighted by Gasteiger charge is -2.38. The molecule has 0 heterocycles. The first-order valence-electron chi connectivity index (χ1n) is 7.43. The molecule has 98 valence electrons. The van der Waals surface area contributed by atoms with Gasteiger partial charge in [0.2, 0.25) is 0 Å². The SMILES string of the molecule is CCCCCOC1CCC2CC(=O)CCC2C1. The van der Waals surface area contributed by atoms with Gasteiger partial charge in [0.25, 0.3) is 0 Å². The molecule has 0 aliphatic heterocycles. The number of carbonyl (C=O) groups is 1. The number of ketones is 1. The fourth-order valence-corrected chi connectivity index (χ4v) is 3.40. The molecule has 2 heteroatoms. The summed E-state index contributed by atoms with van der Waals surface area (Å²) in [5, 5.41) is 0. The molecule has 3 unspecified atom stereocenters. The zero-order valence-electron chi connectivity index (χ0n) is 11.1. The number of carbonyl (C=O) groups excluding carboxylic acids is 1. The Hall–Kier alpha value is -0.370. The van der Waals surface area contributed by atoms with Gasteiger partial charge in [0.05, 0.1) is 6.10 Å². The summed E-state index contributed by atoms with van der Waals surface area (Å²) in [6.07, 6.45) is 10.7. The van der Waals surface area contributed by atoms with E-state index in [0.717, 1.165) is 31.8 Å². The van der Waals surface area contributed by atoms with Crippen LogP contribution in [0.1, 0.15) is 64.7 Å². The first kappa shape index (κ1) is 13.1. The van der Waals surface area contributed by atoms with E-state index in [4.69, 9.17) is 4.74 Å². The molecule has 2 fully saturated rings. The second kappa shape index (κ2) is 6.53. The normalized spacial score (nSPS) is 33.5. The lowest BCUT2D eigenvalue weighted by Crippen LogP contribution is -2.34. The Morgan fingerprint density at radius 3 is 2.88 bits per heavy atom. The second-order valence-corrected chi connectivity index (χ2v) is 5.81. The largest absolute Gasteiger partial charge is 0.378 e. The maximum atomic E-state index is 11.4. The summed E-state index contributed by atoms with van der Waals surface area (Å²) in [4.78, 5) is 11.4. The Morgan fingerprint density at radius 1 is 1.18 bits per heavy atom. The predicted molar refractivity (Wildman–Crippen MR) is 69.0 cm³/mol. The topological polar surface area (TPSA) is 26.3 Å². The molecule has 0 spiro atoms. The molecule has 0 aromatic heterocycles. The molecule has 3 atom stereocenters. The average Bonchev–Trinajstić information content (AvgIpc) is 2.35. The zero-order valence-corrected chi connectivity index (χ0v) is 11.1. The van der Waals surface area contributed by atoms with Crippen molar-refractivity contribution in [2.24, 2.45) is 11.8 Å². The molecule has 0 saturated heterocycles. The minimum atomic E-state index is 0.487. The molecular formula is C15H26O2. The molecule has 2 aliphatic carbocycles. The van der Waals surface area contributed by atoms with Crippen LogP contribution in [0.4, 0.5) is 0 Å². The number of Topliss-reactive ketones (excluding diaryl/α,β-unsaturated/α-hetero) is 1. The van der Waals surface area contributed by atoms with Crippen LogP contribution >= 0.6 is 0 Å². The third-order valence-corrected chi connectivity index (χ3v) is 4.48. The Bertz CT molecular complexity index is 249. The van der Waals surface area contributed by atoms with E-state index in [1.54, 1.807) is 0 Å². The van der Waals surface area contributed by atoms with Crippen LogP contribution in [0.3, 0.4) is 0 Å². The van der Waals surface area contributed by atoms with E-state index < -0.39 is 0 Å². The van der Waals surface area contributed by atoms with Crippen molar-refractivity contribution in [1.82, 2.24) is 0 Å². The first-order valence-corrected chi connectivity index (χ1v) is 7.43. The fraction of sp³-hybridized carbons (Fsp3) is 0.933. The van der Waals surface area contributed by atoms with E-state index >= 15 is 0 Å². The Balaban J connectivity index is 1.69. The van der Waals surface area contributed by atoms with Gasteiger partial charge < -0.3 is 4.74 Å².